The maximum atomic E-state index is 14.6. The molecule has 77 heavy (non-hydrogen) atoms. The van der Waals surface area contributed by atoms with Crippen LogP contribution in [-0.4, -0.2) is 195 Å². The molecule has 2 aliphatic heterocycles. The summed E-state index contributed by atoms with van der Waals surface area (Å²) in [6, 6.07) is 8.82. The van der Waals surface area contributed by atoms with E-state index in [1.54, 1.807) is 58.6 Å². The summed E-state index contributed by atoms with van der Waals surface area (Å²) in [6.45, 7) is 14.0. The molecule has 0 radical (unpaired) electrons. The van der Waals surface area contributed by atoms with Crippen LogP contribution in [0.2, 0.25) is 5.02 Å². The second-order valence-corrected chi connectivity index (χ2v) is 21.3. The molecule has 2 aromatic heterocycles. The SMILES string of the molecule is CNc1nc(Nc2ccc(C(=O)N3CCN(CCOCCOCCOCCOCCOc4cc(-c5scnc5C)ccc4CNC(=O)[C@@H]4C[C@@H](O)CN4C(=O)[C@@H](NC(=O)C4(F)CC4)C(C)(C)C)CC3)cc2OC)ncc1Cl. The van der Waals surface area contributed by atoms with Crippen LogP contribution < -0.4 is 30.7 Å². The number of alkyl halides is 1. The molecule has 3 aliphatic rings. The predicted octanol–water partition coefficient (Wildman–Crippen LogP) is 4.87. The highest BCUT2D eigenvalue weighted by Gasteiger charge is 2.53. The molecule has 0 unspecified atom stereocenters. The summed E-state index contributed by atoms with van der Waals surface area (Å²) in [5, 5.41) is 22.6. The molecule has 3 fully saturated rings. The van der Waals surface area contributed by atoms with Gasteiger partial charge in [0.15, 0.2) is 5.67 Å². The van der Waals surface area contributed by atoms with E-state index in [-0.39, 0.29) is 51.5 Å². The van der Waals surface area contributed by atoms with Gasteiger partial charge in [0.25, 0.3) is 11.8 Å². The van der Waals surface area contributed by atoms with E-state index >= 15 is 0 Å². The number of carbonyl (C=O) groups is 4. The molecule has 5 N–H and O–H groups in total. The Morgan fingerprint density at radius 3 is 2.21 bits per heavy atom. The molecule has 4 aromatic rings. The zero-order valence-corrected chi connectivity index (χ0v) is 46.2. The lowest BCUT2D eigenvalue weighted by Crippen LogP contribution is -2.59. The fourth-order valence-electron chi connectivity index (χ4n) is 8.75. The normalized spacial score (nSPS) is 17.7. The van der Waals surface area contributed by atoms with E-state index in [9.17, 15) is 28.7 Å². The Morgan fingerprint density at radius 1 is 0.909 bits per heavy atom. The zero-order valence-electron chi connectivity index (χ0n) is 44.7. The Bertz CT molecular complexity index is 2630. The van der Waals surface area contributed by atoms with E-state index in [0.717, 1.165) is 35.8 Å². The largest absolute Gasteiger partial charge is 0.495 e. The first-order chi connectivity index (χ1) is 37.0. The monoisotopic (exact) mass is 1110 g/mol. The second kappa shape index (κ2) is 27.7. The van der Waals surface area contributed by atoms with E-state index in [2.05, 4.69) is 41.1 Å². The van der Waals surface area contributed by atoms with Crippen molar-refractivity contribution in [3.8, 4) is 21.9 Å². The minimum Gasteiger partial charge on any atom is -0.495 e. The van der Waals surface area contributed by atoms with Gasteiger partial charge < -0.3 is 64.6 Å². The average Bonchev–Trinajstić information content (AvgIpc) is 3.84. The number of amides is 4. The number of aromatic nitrogens is 3. The Labute approximate surface area is 457 Å². The lowest BCUT2D eigenvalue weighted by atomic mass is 9.85. The number of aliphatic hydroxyl groups is 1. The Hall–Kier alpha value is -5.79. The van der Waals surface area contributed by atoms with E-state index in [1.165, 1.54) is 22.4 Å². The zero-order chi connectivity index (χ0) is 55.1. The van der Waals surface area contributed by atoms with Crippen LogP contribution in [0.15, 0.2) is 48.1 Å². The number of likely N-dealkylation sites (tertiary alicyclic amines) is 1. The first-order valence-corrected chi connectivity index (χ1v) is 27.1. The molecular weight excluding hydrogens is 1040 g/mol. The molecule has 2 saturated heterocycles. The molecule has 4 heterocycles. The van der Waals surface area contributed by atoms with Crippen LogP contribution in [0, 0.1) is 12.3 Å². The highest BCUT2D eigenvalue weighted by atomic mass is 35.5. The number of nitrogens with zero attached hydrogens (tertiary/aromatic N) is 6. The summed E-state index contributed by atoms with van der Waals surface area (Å²) in [5.74, 6) is -0.0984. The fourth-order valence-corrected chi connectivity index (χ4v) is 9.73. The Kier molecular flexibility index (Phi) is 21.2. The number of β-amino-alcohol motifs (C(OH)–C–C–N with tert-alkyl or cyclic N) is 1. The topological polar surface area (TPSA) is 240 Å². The van der Waals surface area contributed by atoms with Crippen LogP contribution in [0.5, 0.6) is 11.5 Å². The summed E-state index contributed by atoms with van der Waals surface area (Å²) < 4.78 is 49.4. The first kappa shape index (κ1) is 58.9. The number of carbonyl (C=O) groups excluding carboxylic acids is 4. The Balaban J connectivity index is 0.749. The number of thiazole rings is 1. The molecule has 24 heteroatoms. The molecule has 1 saturated carbocycles. The number of ether oxygens (including phenoxy) is 6. The van der Waals surface area contributed by atoms with Crippen molar-refractivity contribution in [2.45, 2.75) is 77.4 Å². The number of benzene rings is 2. The first-order valence-electron chi connectivity index (χ1n) is 25.9. The maximum Gasteiger partial charge on any atom is 0.258 e. The minimum absolute atomic E-state index is 0.0119. The third kappa shape index (κ3) is 16.4. The van der Waals surface area contributed by atoms with Crippen LogP contribution in [0.3, 0.4) is 0 Å². The van der Waals surface area contributed by atoms with Crippen LogP contribution >= 0.6 is 22.9 Å². The molecule has 7 rings (SSSR count). The van der Waals surface area contributed by atoms with Gasteiger partial charge in [-0.15, -0.1) is 11.3 Å². The van der Waals surface area contributed by atoms with E-state index in [1.807, 2.05) is 30.0 Å². The number of hydrogen-bond acceptors (Lipinski definition) is 18. The van der Waals surface area contributed by atoms with Gasteiger partial charge in [-0.05, 0) is 55.0 Å². The van der Waals surface area contributed by atoms with Gasteiger partial charge in [-0.3, -0.25) is 24.1 Å². The number of halogens is 2. The van der Waals surface area contributed by atoms with Crippen molar-refractivity contribution in [3.63, 3.8) is 0 Å². The van der Waals surface area contributed by atoms with Crippen LogP contribution in [-0.2, 0) is 39.9 Å². The fraction of sp³-hybridized carbons (Fsp3) is 0.566. The lowest BCUT2D eigenvalue weighted by molar-refractivity contribution is -0.145. The number of aryl methyl sites for hydroxylation is 1. The molecule has 0 spiro atoms. The van der Waals surface area contributed by atoms with E-state index in [0.29, 0.717) is 104 Å². The van der Waals surface area contributed by atoms with Gasteiger partial charge in [0, 0.05) is 70.4 Å². The van der Waals surface area contributed by atoms with Gasteiger partial charge in [0.1, 0.15) is 41.0 Å². The smallest absolute Gasteiger partial charge is 0.258 e. The molecular formula is C53H72ClFN10O11S. The van der Waals surface area contributed by atoms with E-state index in [4.69, 9.17) is 40.0 Å². The molecule has 1 aliphatic carbocycles. The molecule has 21 nitrogen and oxygen atoms in total. The van der Waals surface area contributed by atoms with Crippen molar-refractivity contribution >= 4 is 64.0 Å². The molecule has 4 amide bonds. The molecule has 3 atom stereocenters. The highest BCUT2D eigenvalue weighted by molar-refractivity contribution is 7.13. The van der Waals surface area contributed by atoms with Crippen LogP contribution in [0.25, 0.3) is 10.4 Å². The van der Waals surface area contributed by atoms with Crippen molar-refractivity contribution in [3.05, 3.63) is 69.9 Å². The van der Waals surface area contributed by atoms with E-state index < -0.39 is 47.0 Å². The number of anilines is 3. The number of methoxy groups -OCH3 is 1. The summed E-state index contributed by atoms with van der Waals surface area (Å²) in [6.07, 6.45) is 0.757. The average molecular weight is 1110 g/mol. The summed E-state index contributed by atoms with van der Waals surface area (Å²) in [7, 11) is 3.26. The van der Waals surface area contributed by atoms with Crippen molar-refractivity contribution in [2.75, 3.05) is 124 Å². The third-order valence-electron chi connectivity index (χ3n) is 13.4. The quantitative estimate of drug-likeness (QED) is 0.0477. The summed E-state index contributed by atoms with van der Waals surface area (Å²) in [4.78, 5) is 73.1. The number of aliphatic hydroxyl groups excluding tert-OH is 1. The highest BCUT2D eigenvalue weighted by Crippen LogP contribution is 2.41. The lowest BCUT2D eigenvalue weighted by Gasteiger charge is -2.35. The van der Waals surface area contributed by atoms with Gasteiger partial charge in [0.05, 0.1) is 94.0 Å². The summed E-state index contributed by atoms with van der Waals surface area (Å²) >= 11 is 7.62. The number of piperazine rings is 1. The predicted molar refractivity (Wildman–Crippen MR) is 289 cm³/mol. The Morgan fingerprint density at radius 2 is 1.58 bits per heavy atom. The second-order valence-electron chi connectivity index (χ2n) is 20.1. The van der Waals surface area contributed by atoms with Crippen molar-refractivity contribution in [1.29, 1.82) is 0 Å². The summed E-state index contributed by atoms with van der Waals surface area (Å²) in [5.41, 5.74) is 2.60. The minimum atomic E-state index is -1.98. The number of hydrogen-bond donors (Lipinski definition) is 5. The van der Waals surface area contributed by atoms with Gasteiger partial charge in [-0.25, -0.2) is 14.4 Å². The van der Waals surface area contributed by atoms with Gasteiger partial charge in [0.2, 0.25) is 17.8 Å². The number of rotatable bonds is 28. The van der Waals surface area contributed by atoms with Gasteiger partial charge in [-0.2, -0.15) is 4.98 Å². The van der Waals surface area contributed by atoms with Crippen molar-refractivity contribution in [2.24, 2.45) is 5.41 Å². The van der Waals surface area contributed by atoms with Crippen LogP contribution in [0.1, 0.15) is 61.6 Å². The van der Waals surface area contributed by atoms with Gasteiger partial charge >= 0.3 is 0 Å². The van der Waals surface area contributed by atoms with Crippen molar-refractivity contribution in [1.82, 2.24) is 40.3 Å². The maximum absolute atomic E-state index is 14.6. The number of nitrogens with one attached hydrogen (secondary N) is 4. The molecule has 420 valence electrons. The van der Waals surface area contributed by atoms with Crippen LogP contribution in [0.4, 0.5) is 21.8 Å². The van der Waals surface area contributed by atoms with Crippen molar-refractivity contribution < 1.29 is 57.1 Å². The standard InChI is InChI=1S/C53H72ClFN10O11S/c1-34-44(77-33-59-34)35-7-8-37(30-57-47(67)41-29-38(66)32-65(41)49(69)45(52(2,3)4)61-50(70)53(55)11-12-53)42(27-35)76-26-25-75-24-23-74-22-21-73-20-19-72-18-17-63-13-15-64(16-14-63)48(68)36-9-10-40(43(28-36)71-6)60-51-58-31-39(54)46(56-5)62-51/h7-10,27-28,31,33,38,41,45,66H,11-26,29-30,32H2,1-6H3,(H,57,67)(H,61,70)(H2,56,58,60,62)/t38-,41+,45-/m1/s1. The molecule has 0 bridgehead atoms. The third-order valence-corrected chi connectivity index (χ3v) is 14.6. The van der Waals surface area contributed by atoms with Gasteiger partial charge in [-0.1, -0.05) is 44.5 Å². The molecule has 2 aromatic carbocycles.